The molecule has 16 heavy (non-hydrogen) atoms. The molecule has 2 bridgehead atoms. The predicted octanol–water partition coefficient (Wildman–Crippen LogP) is 1.08. The Balaban J connectivity index is 0.000000606. The van der Waals surface area contributed by atoms with Gasteiger partial charge in [-0.1, -0.05) is 13.8 Å². The van der Waals surface area contributed by atoms with E-state index in [2.05, 4.69) is 5.32 Å². The van der Waals surface area contributed by atoms with E-state index in [1.54, 1.807) is 0 Å². The van der Waals surface area contributed by atoms with Gasteiger partial charge < -0.3 is 15.2 Å². The van der Waals surface area contributed by atoms with Gasteiger partial charge in [0.1, 0.15) is 0 Å². The molecule has 3 rings (SSSR count). The molecule has 2 saturated heterocycles. The fraction of sp³-hybridized carbons (Fsp3) is 0.917. The first-order valence-corrected chi connectivity index (χ1v) is 6.09. The Bertz CT molecular complexity index is 247. The van der Waals surface area contributed by atoms with E-state index < -0.39 is 0 Å². The summed E-state index contributed by atoms with van der Waals surface area (Å²) in [6, 6.07) is 0. The molecule has 2 N–H and O–H groups in total. The summed E-state index contributed by atoms with van der Waals surface area (Å²) in [4.78, 5) is 10.8. The third kappa shape index (κ3) is 2.55. The van der Waals surface area contributed by atoms with Crippen LogP contribution in [0.2, 0.25) is 0 Å². The lowest BCUT2D eigenvalue weighted by Gasteiger charge is -2.59. The molecule has 0 aromatic carbocycles. The molecule has 1 aliphatic carbocycles. The van der Waals surface area contributed by atoms with Crippen LogP contribution >= 0.6 is 0 Å². The molecule has 3 aliphatic rings. The van der Waals surface area contributed by atoms with E-state index in [0.717, 1.165) is 19.3 Å². The number of fused-ring (bicyclic) bond motifs is 2. The van der Waals surface area contributed by atoms with Gasteiger partial charge in [0.25, 0.3) is 0 Å². The smallest absolute Gasteiger partial charge is 0.216 e. The first-order valence-electron chi connectivity index (χ1n) is 6.09. The van der Waals surface area contributed by atoms with Crippen LogP contribution in [-0.2, 0) is 9.53 Å². The van der Waals surface area contributed by atoms with Crippen LogP contribution < -0.4 is 5.32 Å². The number of hydrogen-bond acceptors (Lipinski definition) is 3. The van der Waals surface area contributed by atoms with Gasteiger partial charge in [-0.2, -0.15) is 0 Å². The highest BCUT2D eigenvalue weighted by Crippen LogP contribution is 2.55. The normalized spacial score (nSPS) is 35.5. The minimum Gasteiger partial charge on any atom is -0.396 e. The molecule has 3 fully saturated rings. The average Bonchev–Trinajstić information content (AvgIpc) is 2.28. The Kier molecular flexibility index (Phi) is 4.33. The van der Waals surface area contributed by atoms with Crippen LogP contribution in [0.5, 0.6) is 0 Å². The summed E-state index contributed by atoms with van der Waals surface area (Å²) in [5.74, 6) is -0.0185. The average molecular weight is 229 g/mol. The highest BCUT2D eigenvalue weighted by molar-refractivity contribution is 5.72. The van der Waals surface area contributed by atoms with Gasteiger partial charge in [-0.3, -0.25) is 4.79 Å². The highest BCUT2D eigenvalue weighted by Gasteiger charge is 2.58. The molecule has 0 radical (unpaired) electrons. The summed E-state index contributed by atoms with van der Waals surface area (Å²) < 4.78 is 5.68. The number of carbonyl (C=O) groups excluding carboxylic acids is 1. The van der Waals surface area contributed by atoms with Crippen molar-refractivity contribution in [1.29, 1.82) is 0 Å². The fourth-order valence-corrected chi connectivity index (χ4v) is 2.73. The summed E-state index contributed by atoms with van der Waals surface area (Å²) in [6.07, 6.45) is 2.72. The molecule has 2 aliphatic heterocycles. The van der Waals surface area contributed by atoms with Gasteiger partial charge in [-0.25, -0.2) is 0 Å². The quantitative estimate of drug-likeness (QED) is 0.761. The summed E-state index contributed by atoms with van der Waals surface area (Å²) in [7, 11) is 0. The van der Waals surface area contributed by atoms with Crippen molar-refractivity contribution < 1.29 is 14.6 Å². The van der Waals surface area contributed by atoms with Gasteiger partial charge in [0.15, 0.2) is 0 Å². The van der Waals surface area contributed by atoms with E-state index in [4.69, 9.17) is 4.74 Å². The molecule has 0 aromatic heterocycles. The number of ether oxygens (including phenoxy) is 1. The van der Waals surface area contributed by atoms with E-state index in [-0.39, 0.29) is 23.5 Å². The van der Waals surface area contributed by atoms with E-state index in [9.17, 15) is 9.90 Å². The van der Waals surface area contributed by atoms with Crippen molar-refractivity contribution in [2.24, 2.45) is 5.41 Å². The molecule has 0 unspecified atom stereocenters. The summed E-state index contributed by atoms with van der Waals surface area (Å²) >= 11 is 0. The van der Waals surface area contributed by atoms with Crippen molar-refractivity contribution in [3.8, 4) is 0 Å². The third-order valence-corrected chi connectivity index (χ3v) is 3.43. The van der Waals surface area contributed by atoms with Gasteiger partial charge >= 0.3 is 0 Å². The fourth-order valence-electron chi connectivity index (χ4n) is 2.73. The molecule has 4 heteroatoms. The van der Waals surface area contributed by atoms with E-state index >= 15 is 0 Å². The maximum absolute atomic E-state index is 10.8. The lowest BCUT2D eigenvalue weighted by atomic mass is 9.56. The molecule has 94 valence electrons. The minimum absolute atomic E-state index is 0.0185. The zero-order valence-corrected chi connectivity index (χ0v) is 10.5. The zero-order chi connectivity index (χ0) is 12.2. The standard InChI is InChI=1S/C10H17NO3.C2H6/c1-8(13)11-6-10-4-9(5-10,7-12)2-3-14-10;1-2/h12H,2-7H2,1H3,(H,11,13);1-2H3. The van der Waals surface area contributed by atoms with Crippen LogP contribution in [0.15, 0.2) is 0 Å². The maximum atomic E-state index is 10.8. The van der Waals surface area contributed by atoms with Crippen LogP contribution in [0.3, 0.4) is 0 Å². The summed E-state index contributed by atoms with van der Waals surface area (Å²) in [5.41, 5.74) is -0.0800. The van der Waals surface area contributed by atoms with Gasteiger partial charge in [0.2, 0.25) is 5.91 Å². The van der Waals surface area contributed by atoms with Crippen LogP contribution in [0.4, 0.5) is 0 Å². The summed E-state index contributed by atoms with van der Waals surface area (Å²) in [6.45, 7) is 7.06. The molecule has 1 amide bonds. The Morgan fingerprint density at radius 2 is 2.06 bits per heavy atom. The maximum Gasteiger partial charge on any atom is 0.216 e. The Labute approximate surface area is 97.4 Å². The number of carbonyl (C=O) groups is 1. The second-order valence-electron chi connectivity index (χ2n) is 4.70. The molecule has 1 saturated carbocycles. The number of aliphatic hydroxyl groups is 1. The second-order valence-corrected chi connectivity index (χ2v) is 4.70. The van der Waals surface area contributed by atoms with Crippen molar-refractivity contribution in [3.05, 3.63) is 0 Å². The van der Waals surface area contributed by atoms with Crippen molar-refractivity contribution >= 4 is 5.91 Å². The van der Waals surface area contributed by atoms with Crippen molar-refractivity contribution in [2.45, 2.75) is 45.6 Å². The number of aliphatic hydroxyl groups excluding tert-OH is 1. The molecule has 0 spiro atoms. The van der Waals surface area contributed by atoms with Gasteiger partial charge in [-0.15, -0.1) is 0 Å². The highest BCUT2D eigenvalue weighted by atomic mass is 16.5. The second kappa shape index (κ2) is 5.15. The molecular formula is C12H23NO3. The molecule has 0 aromatic rings. The van der Waals surface area contributed by atoms with Crippen LogP contribution in [0.1, 0.15) is 40.0 Å². The Morgan fingerprint density at radius 3 is 2.56 bits per heavy atom. The largest absolute Gasteiger partial charge is 0.396 e. The lowest BCUT2D eigenvalue weighted by molar-refractivity contribution is -0.232. The van der Waals surface area contributed by atoms with Crippen LogP contribution in [0.25, 0.3) is 0 Å². The van der Waals surface area contributed by atoms with E-state index in [1.807, 2.05) is 13.8 Å². The van der Waals surface area contributed by atoms with Crippen molar-refractivity contribution in [3.63, 3.8) is 0 Å². The van der Waals surface area contributed by atoms with Crippen molar-refractivity contribution in [2.75, 3.05) is 19.8 Å². The summed E-state index contributed by atoms with van der Waals surface area (Å²) in [5, 5.41) is 12.0. The van der Waals surface area contributed by atoms with E-state index in [1.165, 1.54) is 6.92 Å². The van der Waals surface area contributed by atoms with Crippen molar-refractivity contribution in [1.82, 2.24) is 5.32 Å². The first kappa shape index (κ1) is 13.5. The SMILES string of the molecule is CC.CC(=O)NCC12CC(CO)(CCO1)C2. The van der Waals surface area contributed by atoms with Gasteiger partial charge in [0, 0.05) is 32.1 Å². The number of nitrogens with one attached hydrogen (secondary N) is 1. The molecule has 2 heterocycles. The van der Waals surface area contributed by atoms with E-state index in [0.29, 0.717) is 13.2 Å². The number of amides is 1. The predicted molar refractivity (Wildman–Crippen MR) is 62.1 cm³/mol. The number of rotatable bonds is 3. The molecule has 0 atom stereocenters. The Morgan fingerprint density at radius 1 is 1.44 bits per heavy atom. The molecule has 4 nitrogen and oxygen atoms in total. The van der Waals surface area contributed by atoms with Crippen LogP contribution in [0, 0.1) is 5.41 Å². The van der Waals surface area contributed by atoms with Crippen LogP contribution in [-0.4, -0.2) is 36.4 Å². The topological polar surface area (TPSA) is 58.6 Å². The zero-order valence-electron chi connectivity index (χ0n) is 10.5. The first-order chi connectivity index (χ1) is 7.60. The van der Waals surface area contributed by atoms with Gasteiger partial charge in [-0.05, 0) is 19.3 Å². The lowest BCUT2D eigenvalue weighted by Crippen LogP contribution is -2.64. The molecular weight excluding hydrogens is 206 g/mol. The third-order valence-electron chi connectivity index (χ3n) is 3.43. The minimum atomic E-state index is -0.174. The Hall–Kier alpha value is -0.610. The number of hydrogen-bond donors (Lipinski definition) is 2. The monoisotopic (exact) mass is 229 g/mol. The van der Waals surface area contributed by atoms with Gasteiger partial charge in [0.05, 0.1) is 5.60 Å².